The maximum atomic E-state index is 5.74. The summed E-state index contributed by atoms with van der Waals surface area (Å²) in [6.45, 7) is 1.57. The summed E-state index contributed by atoms with van der Waals surface area (Å²) in [4.78, 5) is 0. The standard InChI is InChI=1S/C11H16Br2N2O/c12-8-5-10(16-11(8)13)9(6-14)15-4-3-7-1-2-7/h5,7,9,15H,1-4,6,14H2. The van der Waals surface area contributed by atoms with Crippen molar-refractivity contribution >= 4 is 31.9 Å². The van der Waals surface area contributed by atoms with E-state index in [0.29, 0.717) is 6.54 Å². The van der Waals surface area contributed by atoms with Crippen LogP contribution >= 0.6 is 31.9 Å². The quantitative estimate of drug-likeness (QED) is 0.827. The fourth-order valence-corrected chi connectivity index (χ4v) is 2.31. The molecule has 0 saturated heterocycles. The van der Waals surface area contributed by atoms with E-state index >= 15 is 0 Å². The average molecular weight is 352 g/mol. The minimum Gasteiger partial charge on any atom is -0.451 e. The molecule has 0 bridgehead atoms. The van der Waals surface area contributed by atoms with Crippen LogP contribution in [0.4, 0.5) is 0 Å². The van der Waals surface area contributed by atoms with Crippen molar-refractivity contribution in [2.75, 3.05) is 13.1 Å². The van der Waals surface area contributed by atoms with Crippen LogP contribution in [0.2, 0.25) is 0 Å². The molecular formula is C11H16Br2N2O. The predicted octanol–water partition coefficient (Wildman–Crippen LogP) is 3.19. The van der Waals surface area contributed by atoms with Gasteiger partial charge in [-0.1, -0.05) is 12.8 Å². The third kappa shape index (κ3) is 3.32. The molecule has 1 atom stereocenters. The summed E-state index contributed by atoms with van der Waals surface area (Å²) in [5.41, 5.74) is 5.74. The van der Waals surface area contributed by atoms with Crippen LogP contribution < -0.4 is 11.1 Å². The first-order chi connectivity index (χ1) is 7.70. The number of furan rings is 1. The first kappa shape index (κ1) is 12.6. The van der Waals surface area contributed by atoms with E-state index in [2.05, 4.69) is 37.2 Å². The summed E-state index contributed by atoms with van der Waals surface area (Å²) in [5, 5.41) is 3.44. The summed E-state index contributed by atoms with van der Waals surface area (Å²) in [6, 6.07) is 2.08. The van der Waals surface area contributed by atoms with E-state index < -0.39 is 0 Å². The molecule has 16 heavy (non-hydrogen) atoms. The lowest BCUT2D eigenvalue weighted by Gasteiger charge is -2.13. The van der Waals surface area contributed by atoms with Gasteiger partial charge in [-0.15, -0.1) is 0 Å². The number of rotatable bonds is 6. The Morgan fingerprint density at radius 1 is 1.50 bits per heavy atom. The first-order valence-electron chi connectivity index (χ1n) is 5.59. The minimum atomic E-state index is 0.112. The third-order valence-corrected chi connectivity index (χ3v) is 4.59. The summed E-state index contributed by atoms with van der Waals surface area (Å²) < 4.78 is 7.23. The lowest BCUT2D eigenvalue weighted by atomic mass is 10.2. The van der Waals surface area contributed by atoms with Gasteiger partial charge in [0, 0.05) is 6.54 Å². The van der Waals surface area contributed by atoms with Gasteiger partial charge in [0.25, 0.3) is 0 Å². The lowest BCUT2D eigenvalue weighted by Crippen LogP contribution is -2.28. The van der Waals surface area contributed by atoms with Crippen molar-refractivity contribution in [1.82, 2.24) is 5.32 Å². The number of hydrogen-bond acceptors (Lipinski definition) is 3. The topological polar surface area (TPSA) is 51.2 Å². The molecule has 5 heteroatoms. The molecule has 1 fully saturated rings. The van der Waals surface area contributed by atoms with E-state index in [-0.39, 0.29) is 6.04 Å². The number of hydrogen-bond donors (Lipinski definition) is 2. The monoisotopic (exact) mass is 350 g/mol. The van der Waals surface area contributed by atoms with Gasteiger partial charge in [0.1, 0.15) is 5.76 Å². The Balaban J connectivity index is 1.87. The van der Waals surface area contributed by atoms with Gasteiger partial charge in [-0.2, -0.15) is 0 Å². The van der Waals surface area contributed by atoms with E-state index in [1.807, 2.05) is 6.07 Å². The Morgan fingerprint density at radius 3 is 2.75 bits per heavy atom. The van der Waals surface area contributed by atoms with E-state index in [0.717, 1.165) is 27.4 Å². The fraction of sp³-hybridized carbons (Fsp3) is 0.636. The van der Waals surface area contributed by atoms with Crippen LogP contribution in [0.15, 0.2) is 19.6 Å². The second-order valence-electron chi connectivity index (χ2n) is 4.24. The van der Waals surface area contributed by atoms with Crippen molar-refractivity contribution in [3.63, 3.8) is 0 Å². The molecule has 0 aromatic carbocycles. The molecule has 0 radical (unpaired) electrons. The normalized spacial score (nSPS) is 17.7. The second-order valence-corrected chi connectivity index (χ2v) is 5.82. The molecule has 1 unspecified atom stereocenters. The minimum absolute atomic E-state index is 0.112. The molecule has 90 valence electrons. The summed E-state index contributed by atoms with van der Waals surface area (Å²) in [5.74, 6) is 1.83. The highest BCUT2D eigenvalue weighted by atomic mass is 79.9. The second kappa shape index (κ2) is 5.67. The molecule has 1 aromatic rings. The van der Waals surface area contributed by atoms with Gasteiger partial charge in [-0.05, 0) is 56.8 Å². The molecule has 0 aliphatic heterocycles. The average Bonchev–Trinajstić information content (AvgIpc) is 3.02. The molecule has 2 rings (SSSR count). The van der Waals surface area contributed by atoms with Crippen molar-refractivity contribution in [3.8, 4) is 0 Å². The van der Waals surface area contributed by atoms with Crippen LogP contribution in [0.5, 0.6) is 0 Å². The van der Waals surface area contributed by atoms with E-state index in [9.17, 15) is 0 Å². The van der Waals surface area contributed by atoms with E-state index in [1.165, 1.54) is 19.3 Å². The molecule has 1 saturated carbocycles. The Hall–Kier alpha value is 0.160. The molecule has 3 nitrogen and oxygen atoms in total. The SMILES string of the molecule is NCC(NCCC1CC1)c1cc(Br)c(Br)o1. The number of halogens is 2. The molecule has 1 heterocycles. The maximum absolute atomic E-state index is 5.74. The summed E-state index contributed by atoms with van der Waals surface area (Å²) in [7, 11) is 0. The van der Waals surface area contributed by atoms with Crippen molar-refractivity contribution in [3.05, 3.63) is 21.0 Å². The van der Waals surface area contributed by atoms with Gasteiger partial charge in [0.05, 0.1) is 10.5 Å². The first-order valence-corrected chi connectivity index (χ1v) is 7.17. The Morgan fingerprint density at radius 2 is 2.25 bits per heavy atom. The van der Waals surface area contributed by atoms with Crippen molar-refractivity contribution in [1.29, 1.82) is 0 Å². The Labute approximate surface area is 112 Å². The molecule has 0 amide bonds. The molecule has 1 aromatic heterocycles. The van der Waals surface area contributed by atoms with Crippen LogP contribution in [0.1, 0.15) is 31.1 Å². The Kier molecular flexibility index (Phi) is 4.47. The third-order valence-electron chi connectivity index (χ3n) is 2.88. The molecule has 3 N–H and O–H groups in total. The van der Waals surface area contributed by atoms with Gasteiger partial charge in [-0.3, -0.25) is 0 Å². The highest BCUT2D eigenvalue weighted by molar-refractivity contribution is 9.13. The molecule has 1 aliphatic rings. The van der Waals surface area contributed by atoms with Crippen LogP contribution in [0.3, 0.4) is 0 Å². The van der Waals surface area contributed by atoms with Gasteiger partial charge >= 0.3 is 0 Å². The molecular weight excluding hydrogens is 336 g/mol. The van der Waals surface area contributed by atoms with Crippen molar-refractivity contribution < 1.29 is 4.42 Å². The maximum Gasteiger partial charge on any atom is 0.183 e. The summed E-state index contributed by atoms with van der Waals surface area (Å²) in [6.07, 6.45) is 4.04. The van der Waals surface area contributed by atoms with Crippen molar-refractivity contribution in [2.24, 2.45) is 11.7 Å². The number of nitrogens with two attached hydrogens (primary N) is 1. The largest absolute Gasteiger partial charge is 0.451 e. The van der Waals surface area contributed by atoms with Crippen molar-refractivity contribution in [2.45, 2.75) is 25.3 Å². The van der Waals surface area contributed by atoms with Gasteiger partial charge in [0.2, 0.25) is 0 Å². The smallest absolute Gasteiger partial charge is 0.183 e. The predicted molar refractivity (Wildman–Crippen MR) is 71.2 cm³/mol. The van der Waals surface area contributed by atoms with Gasteiger partial charge < -0.3 is 15.5 Å². The summed E-state index contributed by atoms with van der Waals surface area (Å²) >= 11 is 6.74. The Bertz CT molecular complexity index is 330. The molecule has 1 aliphatic carbocycles. The zero-order valence-electron chi connectivity index (χ0n) is 9.01. The molecule has 0 spiro atoms. The number of nitrogens with one attached hydrogen (secondary N) is 1. The van der Waals surface area contributed by atoms with Crippen LogP contribution in [0.25, 0.3) is 0 Å². The van der Waals surface area contributed by atoms with E-state index in [1.54, 1.807) is 0 Å². The van der Waals surface area contributed by atoms with Crippen LogP contribution in [0, 0.1) is 5.92 Å². The highest BCUT2D eigenvalue weighted by Crippen LogP contribution is 2.32. The highest BCUT2D eigenvalue weighted by Gasteiger charge is 2.21. The zero-order chi connectivity index (χ0) is 11.5. The van der Waals surface area contributed by atoms with Crippen LogP contribution in [-0.4, -0.2) is 13.1 Å². The van der Waals surface area contributed by atoms with Gasteiger partial charge in [0.15, 0.2) is 4.67 Å². The fourth-order valence-electron chi connectivity index (χ4n) is 1.70. The van der Waals surface area contributed by atoms with Gasteiger partial charge in [-0.25, -0.2) is 0 Å². The van der Waals surface area contributed by atoms with Crippen LogP contribution in [-0.2, 0) is 0 Å². The lowest BCUT2D eigenvalue weighted by molar-refractivity contribution is 0.401. The van der Waals surface area contributed by atoms with E-state index in [4.69, 9.17) is 10.2 Å². The zero-order valence-corrected chi connectivity index (χ0v) is 12.2.